The number of hydrogen-bond acceptors (Lipinski definition) is 4. The highest BCUT2D eigenvalue weighted by atomic mass is 16.5. The predicted molar refractivity (Wildman–Crippen MR) is 58.5 cm³/mol. The second kappa shape index (κ2) is 9.40. The van der Waals surface area contributed by atoms with Crippen molar-refractivity contribution in [2.24, 2.45) is 0 Å². The normalized spacial score (nSPS) is 13.5. The molecule has 0 aliphatic rings. The van der Waals surface area contributed by atoms with Gasteiger partial charge in [-0.2, -0.15) is 0 Å². The van der Waals surface area contributed by atoms with Crippen molar-refractivity contribution in [2.75, 3.05) is 47.0 Å². The Morgan fingerprint density at radius 2 is 2.21 bits per heavy atom. The molecule has 1 atom stereocenters. The average molecular weight is 204 g/mol. The van der Waals surface area contributed by atoms with Crippen LogP contribution in [0.15, 0.2) is 0 Å². The molecule has 0 aromatic heterocycles. The average Bonchev–Trinajstić information content (AvgIpc) is 2.15. The molecule has 4 heteroatoms. The fourth-order valence-corrected chi connectivity index (χ4v) is 1.42. The van der Waals surface area contributed by atoms with Crippen LogP contribution >= 0.6 is 0 Å². The number of methoxy groups -OCH3 is 1. The molecule has 14 heavy (non-hydrogen) atoms. The Morgan fingerprint density at radius 3 is 2.71 bits per heavy atom. The lowest BCUT2D eigenvalue weighted by molar-refractivity contribution is 0.151. The van der Waals surface area contributed by atoms with E-state index in [-0.39, 0.29) is 6.61 Å². The molecular formula is C10H24N2O2. The van der Waals surface area contributed by atoms with E-state index in [1.54, 1.807) is 7.11 Å². The van der Waals surface area contributed by atoms with Crippen molar-refractivity contribution in [2.45, 2.75) is 19.4 Å². The molecule has 0 saturated carbocycles. The van der Waals surface area contributed by atoms with E-state index in [2.05, 4.69) is 24.2 Å². The van der Waals surface area contributed by atoms with E-state index in [0.717, 1.165) is 32.7 Å². The SMILES string of the molecule is CCNC(CCO)CN(C)CCOC. The summed E-state index contributed by atoms with van der Waals surface area (Å²) >= 11 is 0. The maximum Gasteiger partial charge on any atom is 0.0589 e. The summed E-state index contributed by atoms with van der Waals surface area (Å²) in [6.07, 6.45) is 0.811. The van der Waals surface area contributed by atoms with E-state index >= 15 is 0 Å². The first-order valence-electron chi connectivity index (χ1n) is 5.26. The minimum Gasteiger partial charge on any atom is -0.396 e. The van der Waals surface area contributed by atoms with Gasteiger partial charge in [0.25, 0.3) is 0 Å². The van der Waals surface area contributed by atoms with Crippen LogP contribution in [0.5, 0.6) is 0 Å². The Bertz CT molecular complexity index is 117. The van der Waals surface area contributed by atoms with Crippen LogP contribution in [-0.4, -0.2) is 63.1 Å². The number of aliphatic hydroxyl groups is 1. The van der Waals surface area contributed by atoms with Gasteiger partial charge in [0, 0.05) is 32.8 Å². The molecule has 0 saturated heterocycles. The lowest BCUT2D eigenvalue weighted by Crippen LogP contribution is -2.41. The van der Waals surface area contributed by atoms with E-state index in [1.807, 2.05) is 0 Å². The Morgan fingerprint density at radius 1 is 1.50 bits per heavy atom. The highest BCUT2D eigenvalue weighted by Crippen LogP contribution is 1.94. The van der Waals surface area contributed by atoms with Gasteiger partial charge in [0.05, 0.1) is 6.61 Å². The summed E-state index contributed by atoms with van der Waals surface area (Å²) < 4.78 is 5.00. The number of likely N-dealkylation sites (N-methyl/N-ethyl adjacent to an activating group) is 2. The summed E-state index contributed by atoms with van der Waals surface area (Å²) in [5.41, 5.74) is 0. The minimum absolute atomic E-state index is 0.246. The minimum atomic E-state index is 0.246. The first kappa shape index (κ1) is 13.8. The van der Waals surface area contributed by atoms with Gasteiger partial charge in [-0.3, -0.25) is 0 Å². The molecule has 2 N–H and O–H groups in total. The fourth-order valence-electron chi connectivity index (χ4n) is 1.42. The molecule has 0 radical (unpaired) electrons. The zero-order chi connectivity index (χ0) is 10.8. The molecule has 0 aliphatic carbocycles. The van der Waals surface area contributed by atoms with Crippen LogP contribution in [-0.2, 0) is 4.74 Å². The van der Waals surface area contributed by atoms with Crippen molar-refractivity contribution >= 4 is 0 Å². The molecule has 0 bridgehead atoms. The first-order valence-corrected chi connectivity index (χ1v) is 5.26. The van der Waals surface area contributed by atoms with Crippen LogP contribution in [0, 0.1) is 0 Å². The molecule has 0 spiro atoms. The Balaban J connectivity index is 3.64. The zero-order valence-corrected chi connectivity index (χ0v) is 9.62. The molecule has 0 heterocycles. The van der Waals surface area contributed by atoms with Crippen molar-refractivity contribution in [1.29, 1.82) is 0 Å². The second-order valence-electron chi connectivity index (χ2n) is 3.52. The van der Waals surface area contributed by atoms with E-state index in [1.165, 1.54) is 0 Å². The lowest BCUT2D eigenvalue weighted by Gasteiger charge is -2.23. The maximum atomic E-state index is 8.87. The largest absolute Gasteiger partial charge is 0.396 e. The van der Waals surface area contributed by atoms with Crippen LogP contribution < -0.4 is 5.32 Å². The van der Waals surface area contributed by atoms with Gasteiger partial charge in [-0.1, -0.05) is 6.92 Å². The van der Waals surface area contributed by atoms with Crippen molar-refractivity contribution < 1.29 is 9.84 Å². The summed E-state index contributed by atoms with van der Waals surface area (Å²) in [6, 6.07) is 0.381. The number of nitrogens with zero attached hydrogens (tertiary/aromatic N) is 1. The van der Waals surface area contributed by atoms with E-state index in [9.17, 15) is 0 Å². The van der Waals surface area contributed by atoms with Crippen molar-refractivity contribution in [1.82, 2.24) is 10.2 Å². The third kappa shape index (κ3) is 7.26. The lowest BCUT2D eigenvalue weighted by atomic mass is 10.2. The van der Waals surface area contributed by atoms with Crippen molar-refractivity contribution in [3.05, 3.63) is 0 Å². The molecule has 0 aliphatic heterocycles. The van der Waals surface area contributed by atoms with Gasteiger partial charge >= 0.3 is 0 Å². The standard InChI is InChI=1S/C10H24N2O2/c1-4-11-10(5-7-13)9-12(2)6-8-14-3/h10-11,13H,4-9H2,1-3H3. The number of hydrogen-bond donors (Lipinski definition) is 2. The maximum absolute atomic E-state index is 8.87. The van der Waals surface area contributed by atoms with E-state index in [4.69, 9.17) is 9.84 Å². The molecular weight excluding hydrogens is 180 g/mol. The molecule has 0 aromatic rings. The van der Waals surface area contributed by atoms with Crippen molar-refractivity contribution in [3.63, 3.8) is 0 Å². The number of ether oxygens (including phenoxy) is 1. The monoisotopic (exact) mass is 204 g/mol. The molecule has 0 aromatic carbocycles. The van der Waals surface area contributed by atoms with Crippen LogP contribution in [0.4, 0.5) is 0 Å². The zero-order valence-electron chi connectivity index (χ0n) is 9.62. The van der Waals surface area contributed by atoms with Crippen LogP contribution in [0.1, 0.15) is 13.3 Å². The van der Waals surface area contributed by atoms with Gasteiger partial charge in [-0.15, -0.1) is 0 Å². The molecule has 86 valence electrons. The predicted octanol–water partition coefficient (Wildman–Crippen LogP) is -0.0749. The van der Waals surface area contributed by atoms with Crippen LogP contribution in [0.25, 0.3) is 0 Å². The summed E-state index contributed by atoms with van der Waals surface area (Å²) in [6.45, 7) is 5.92. The highest BCUT2D eigenvalue weighted by molar-refractivity contribution is 4.69. The summed E-state index contributed by atoms with van der Waals surface area (Å²) in [5.74, 6) is 0. The Kier molecular flexibility index (Phi) is 9.29. The molecule has 1 unspecified atom stereocenters. The molecule has 0 fully saturated rings. The first-order chi connectivity index (χ1) is 6.74. The smallest absolute Gasteiger partial charge is 0.0589 e. The third-order valence-electron chi connectivity index (χ3n) is 2.18. The number of rotatable bonds is 9. The number of aliphatic hydroxyl groups excluding tert-OH is 1. The summed E-state index contributed by atoms with van der Waals surface area (Å²) in [5, 5.41) is 12.2. The van der Waals surface area contributed by atoms with Gasteiger partial charge in [-0.05, 0) is 20.0 Å². The second-order valence-corrected chi connectivity index (χ2v) is 3.52. The quantitative estimate of drug-likeness (QED) is 0.552. The summed E-state index contributed by atoms with van der Waals surface area (Å²) in [7, 11) is 3.78. The molecule has 4 nitrogen and oxygen atoms in total. The fraction of sp³-hybridized carbons (Fsp3) is 1.00. The van der Waals surface area contributed by atoms with Gasteiger partial charge in [0.2, 0.25) is 0 Å². The van der Waals surface area contributed by atoms with E-state index < -0.39 is 0 Å². The van der Waals surface area contributed by atoms with Crippen LogP contribution in [0.3, 0.4) is 0 Å². The number of nitrogens with one attached hydrogen (secondary N) is 1. The Hall–Kier alpha value is -0.160. The van der Waals surface area contributed by atoms with Gasteiger partial charge in [0.15, 0.2) is 0 Å². The van der Waals surface area contributed by atoms with Gasteiger partial charge < -0.3 is 20.1 Å². The van der Waals surface area contributed by atoms with Gasteiger partial charge in [0.1, 0.15) is 0 Å². The Labute approximate surface area is 87.2 Å². The summed E-state index contributed by atoms with van der Waals surface area (Å²) in [4.78, 5) is 2.21. The van der Waals surface area contributed by atoms with Crippen molar-refractivity contribution in [3.8, 4) is 0 Å². The highest BCUT2D eigenvalue weighted by Gasteiger charge is 2.09. The third-order valence-corrected chi connectivity index (χ3v) is 2.18. The topological polar surface area (TPSA) is 44.7 Å². The molecule has 0 rings (SSSR count). The van der Waals surface area contributed by atoms with Gasteiger partial charge in [-0.25, -0.2) is 0 Å². The van der Waals surface area contributed by atoms with Crippen LogP contribution in [0.2, 0.25) is 0 Å². The molecule has 0 amide bonds. The van der Waals surface area contributed by atoms with E-state index in [0.29, 0.717) is 6.04 Å².